The maximum absolute atomic E-state index is 5.70. The van der Waals surface area contributed by atoms with E-state index in [9.17, 15) is 0 Å². The van der Waals surface area contributed by atoms with Crippen LogP contribution in [0.4, 0.5) is 0 Å². The monoisotopic (exact) mass is 346 g/mol. The Morgan fingerprint density at radius 1 is 1.53 bits per heavy atom. The summed E-state index contributed by atoms with van der Waals surface area (Å²) in [6.07, 6.45) is 6.44. The third kappa shape index (κ3) is 3.97. The molecular weight excluding hydrogens is 324 g/mol. The fraction of sp³-hybridized carbons (Fsp3) is 0.769. The molecule has 0 radical (unpaired) electrons. The number of hydrogen-bond donors (Lipinski definition) is 2. The van der Waals surface area contributed by atoms with Crippen molar-refractivity contribution in [2.24, 2.45) is 12.9 Å². The van der Waals surface area contributed by atoms with E-state index in [1.165, 1.54) is 31.4 Å². The molecule has 0 saturated heterocycles. The number of nitrogens with zero attached hydrogens (tertiary/aromatic N) is 2. The van der Waals surface area contributed by atoms with Gasteiger partial charge in [0.2, 0.25) is 0 Å². The number of aryl methyl sites for hydroxylation is 2. The Morgan fingerprint density at radius 3 is 2.74 bits per heavy atom. The Kier molecular flexibility index (Phi) is 5.74. The molecule has 2 rings (SSSR count). The molecule has 1 aliphatic carbocycles. The van der Waals surface area contributed by atoms with Crippen LogP contribution in [0.15, 0.2) is 4.47 Å². The van der Waals surface area contributed by atoms with Crippen molar-refractivity contribution in [2.45, 2.75) is 50.3 Å². The highest BCUT2D eigenvalue weighted by Gasteiger charge is 2.20. The number of aromatic nitrogens is 2. The van der Waals surface area contributed by atoms with Gasteiger partial charge in [-0.1, -0.05) is 12.8 Å². The SMILES string of the molecule is Cc1nn(C)c(CC(CSC2CCCC2)NN)c1Br. The van der Waals surface area contributed by atoms with Crippen molar-refractivity contribution in [1.29, 1.82) is 0 Å². The molecule has 6 heteroatoms. The largest absolute Gasteiger partial charge is 0.271 e. The summed E-state index contributed by atoms with van der Waals surface area (Å²) in [5.41, 5.74) is 5.21. The van der Waals surface area contributed by atoms with Crippen LogP contribution in [0.5, 0.6) is 0 Å². The number of hydrazine groups is 1. The van der Waals surface area contributed by atoms with Crippen LogP contribution in [0.2, 0.25) is 0 Å². The lowest BCUT2D eigenvalue weighted by Crippen LogP contribution is -2.39. The molecule has 1 aromatic rings. The van der Waals surface area contributed by atoms with Crippen molar-refractivity contribution in [3.8, 4) is 0 Å². The molecule has 0 amide bonds. The van der Waals surface area contributed by atoms with Crippen LogP contribution in [0.25, 0.3) is 0 Å². The van der Waals surface area contributed by atoms with E-state index in [0.717, 1.165) is 27.6 Å². The number of hydrogen-bond acceptors (Lipinski definition) is 4. The fourth-order valence-corrected chi connectivity index (χ4v) is 4.49. The second kappa shape index (κ2) is 7.11. The van der Waals surface area contributed by atoms with Gasteiger partial charge in [-0.2, -0.15) is 16.9 Å². The van der Waals surface area contributed by atoms with Gasteiger partial charge in [-0.3, -0.25) is 16.0 Å². The maximum atomic E-state index is 5.70. The summed E-state index contributed by atoms with van der Waals surface area (Å²) >= 11 is 5.68. The third-order valence-electron chi connectivity index (χ3n) is 3.77. The summed E-state index contributed by atoms with van der Waals surface area (Å²) < 4.78 is 3.06. The van der Waals surface area contributed by atoms with E-state index in [1.807, 2.05) is 18.7 Å². The van der Waals surface area contributed by atoms with Crippen LogP contribution >= 0.6 is 27.7 Å². The van der Waals surface area contributed by atoms with Crippen molar-refractivity contribution < 1.29 is 0 Å². The molecule has 1 unspecified atom stereocenters. The molecule has 0 bridgehead atoms. The predicted octanol–water partition coefficient (Wildman–Crippen LogP) is 2.54. The molecule has 1 heterocycles. The van der Waals surface area contributed by atoms with Gasteiger partial charge in [0.05, 0.1) is 15.9 Å². The second-order valence-electron chi connectivity index (χ2n) is 5.28. The summed E-state index contributed by atoms with van der Waals surface area (Å²) in [6.45, 7) is 2.02. The number of nitrogens with one attached hydrogen (secondary N) is 1. The molecule has 1 aromatic heterocycles. The summed E-state index contributed by atoms with van der Waals surface area (Å²) in [5.74, 6) is 6.77. The van der Waals surface area contributed by atoms with Gasteiger partial charge in [-0.25, -0.2) is 0 Å². The molecule has 1 fully saturated rings. The number of rotatable bonds is 6. The van der Waals surface area contributed by atoms with Crippen molar-refractivity contribution in [2.75, 3.05) is 5.75 Å². The van der Waals surface area contributed by atoms with Gasteiger partial charge in [-0.05, 0) is 35.7 Å². The van der Waals surface area contributed by atoms with Crippen LogP contribution in [0, 0.1) is 6.92 Å². The molecule has 4 nitrogen and oxygen atoms in total. The van der Waals surface area contributed by atoms with E-state index in [1.54, 1.807) is 0 Å². The average molecular weight is 347 g/mol. The minimum absolute atomic E-state index is 0.302. The molecule has 1 aliphatic rings. The predicted molar refractivity (Wildman–Crippen MR) is 85.2 cm³/mol. The lowest BCUT2D eigenvalue weighted by Gasteiger charge is -2.18. The Morgan fingerprint density at radius 2 is 2.21 bits per heavy atom. The fourth-order valence-electron chi connectivity index (χ4n) is 2.61. The van der Waals surface area contributed by atoms with Crippen molar-refractivity contribution in [3.05, 3.63) is 15.9 Å². The third-order valence-corrected chi connectivity index (χ3v) is 6.34. The zero-order valence-electron chi connectivity index (χ0n) is 11.7. The minimum atomic E-state index is 0.302. The first-order chi connectivity index (χ1) is 9.11. The van der Waals surface area contributed by atoms with Crippen molar-refractivity contribution in [1.82, 2.24) is 15.2 Å². The van der Waals surface area contributed by atoms with Crippen LogP contribution in [0.1, 0.15) is 37.1 Å². The van der Waals surface area contributed by atoms with E-state index in [2.05, 4.69) is 38.2 Å². The quantitative estimate of drug-likeness (QED) is 0.613. The highest BCUT2D eigenvalue weighted by molar-refractivity contribution is 9.10. The number of thioether (sulfide) groups is 1. The van der Waals surface area contributed by atoms with Gasteiger partial charge in [0, 0.05) is 30.5 Å². The summed E-state index contributed by atoms with van der Waals surface area (Å²) in [6, 6.07) is 0.302. The van der Waals surface area contributed by atoms with Crippen LogP contribution in [0.3, 0.4) is 0 Å². The van der Waals surface area contributed by atoms with Crippen LogP contribution in [-0.4, -0.2) is 26.8 Å². The van der Waals surface area contributed by atoms with Gasteiger partial charge in [0.15, 0.2) is 0 Å². The number of halogens is 1. The first-order valence-corrected chi connectivity index (χ1v) is 8.71. The zero-order chi connectivity index (χ0) is 13.8. The second-order valence-corrected chi connectivity index (χ2v) is 7.40. The van der Waals surface area contributed by atoms with Gasteiger partial charge in [-0.15, -0.1) is 0 Å². The van der Waals surface area contributed by atoms with Crippen LogP contribution < -0.4 is 11.3 Å². The van der Waals surface area contributed by atoms with Gasteiger partial charge in [0.1, 0.15) is 0 Å². The molecule has 108 valence electrons. The van der Waals surface area contributed by atoms with E-state index < -0.39 is 0 Å². The van der Waals surface area contributed by atoms with Crippen molar-refractivity contribution >= 4 is 27.7 Å². The molecule has 0 aromatic carbocycles. The summed E-state index contributed by atoms with van der Waals surface area (Å²) in [7, 11) is 1.99. The molecule has 0 spiro atoms. The zero-order valence-corrected chi connectivity index (χ0v) is 14.1. The maximum Gasteiger partial charge on any atom is 0.0738 e. The topological polar surface area (TPSA) is 55.9 Å². The first-order valence-electron chi connectivity index (χ1n) is 6.87. The van der Waals surface area contributed by atoms with Gasteiger partial charge in [0.25, 0.3) is 0 Å². The first kappa shape index (κ1) is 15.4. The van der Waals surface area contributed by atoms with Gasteiger partial charge >= 0.3 is 0 Å². The van der Waals surface area contributed by atoms with Crippen molar-refractivity contribution in [3.63, 3.8) is 0 Å². The van der Waals surface area contributed by atoms with E-state index >= 15 is 0 Å². The standard InChI is InChI=1S/C13H23BrN4S/c1-9-13(14)12(18(2)17-9)7-10(16-15)8-19-11-5-3-4-6-11/h10-11,16H,3-8,15H2,1-2H3. The lowest BCUT2D eigenvalue weighted by atomic mass is 10.2. The highest BCUT2D eigenvalue weighted by atomic mass is 79.9. The smallest absolute Gasteiger partial charge is 0.0738 e. The molecule has 0 aliphatic heterocycles. The van der Waals surface area contributed by atoms with Gasteiger partial charge < -0.3 is 0 Å². The normalized spacial score (nSPS) is 18.1. The lowest BCUT2D eigenvalue weighted by molar-refractivity contribution is 0.549. The summed E-state index contributed by atoms with van der Waals surface area (Å²) in [5, 5.41) is 5.27. The molecular formula is C13H23BrN4S. The molecule has 1 saturated carbocycles. The summed E-state index contributed by atoms with van der Waals surface area (Å²) in [4.78, 5) is 0. The highest BCUT2D eigenvalue weighted by Crippen LogP contribution is 2.30. The minimum Gasteiger partial charge on any atom is -0.271 e. The van der Waals surface area contributed by atoms with E-state index in [0.29, 0.717) is 6.04 Å². The molecule has 3 N–H and O–H groups in total. The van der Waals surface area contributed by atoms with Crippen LogP contribution in [-0.2, 0) is 13.5 Å². The Balaban J connectivity index is 1.90. The van der Waals surface area contributed by atoms with E-state index in [4.69, 9.17) is 5.84 Å². The van der Waals surface area contributed by atoms with E-state index in [-0.39, 0.29) is 0 Å². The Bertz CT molecular complexity index is 415. The Hall–Kier alpha value is -0.0400. The molecule has 19 heavy (non-hydrogen) atoms. The Labute approximate surface area is 128 Å². The molecule has 1 atom stereocenters. The number of nitrogens with two attached hydrogens (primary N) is 1. The average Bonchev–Trinajstić information content (AvgIpc) is 2.98.